The second-order valence-corrected chi connectivity index (χ2v) is 6.08. The molecule has 4 heterocycles. The molecule has 1 aliphatic rings. The van der Waals surface area contributed by atoms with Gasteiger partial charge in [0.2, 0.25) is 11.8 Å². The lowest BCUT2D eigenvalue weighted by Gasteiger charge is -2.31. The lowest BCUT2D eigenvalue weighted by molar-refractivity contribution is -0.133. The van der Waals surface area contributed by atoms with Gasteiger partial charge in [0.15, 0.2) is 5.82 Å². The SMILES string of the molecule is O=C(Cn1cccn1)N1CCC(Oc2ccc(-n3cccn3)nn2)CC1. The van der Waals surface area contributed by atoms with Crippen molar-refractivity contribution in [3.63, 3.8) is 0 Å². The van der Waals surface area contributed by atoms with Crippen LogP contribution in [0.15, 0.2) is 49.1 Å². The number of aromatic nitrogens is 6. The van der Waals surface area contributed by atoms with E-state index in [-0.39, 0.29) is 18.6 Å². The number of hydrogen-bond acceptors (Lipinski definition) is 6. The van der Waals surface area contributed by atoms with Crippen molar-refractivity contribution in [1.82, 2.24) is 34.7 Å². The van der Waals surface area contributed by atoms with Crippen LogP contribution in [0.5, 0.6) is 5.88 Å². The third-order valence-corrected chi connectivity index (χ3v) is 4.30. The predicted octanol–water partition coefficient (Wildman–Crippen LogP) is 0.929. The van der Waals surface area contributed by atoms with Gasteiger partial charge in [0.25, 0.3) is 0 Å². The molecular weight excluding hydrogens is 334 g/mol. The highest BCUT2D eigenvalue weighted by Crippen LogP contribution is 2.17. The summed E-state index contributed by atoms with van der Waals surface area (Å²) in [5, 5.41) is 16.4. The zero-order valence-electron chi connectivity index (χ0n) is 14.2. The first-order valence-electron chi connectivity index (χ1n) is 8.53. The number of hydrogen-bond donors (Lipinski definition) is 0. The maximum atomic E-state index is 12.3. The minimum Gasteiger partial charge on any atom is -0.473 e. The lowest BCUT2D eigenvalue weighted by Crippen LogP contribution is -2.43. The van der Waals surface area contributed by atoms with Gasteiger partial charge in [-0.3, -0.25) is 9.48 Å². The summed E-state index contributed by atoms with van der Waals surface area (Å²) < 4.78 is 9.18. The van der Waals surface area contributed by atoms with Gasteiger partial charge < -0.3 is 9.64 Å². The molecule has 1 amide bonds. The molecule has 26 heavy (non-hydrogen) atoms. The van der Waals surface area contributed by atoms with Gasteiger partial charge in [0.1, 0.15) is 12.6 Å². The van der Waals surface area contributed by atoms with Gasteiger partial charge in [-0.1, -0.05) is 0 Å². The smallest absolute Gasteiger partial charge is 0.244 e. The second kappa shape index (κ2) is 7.34. The number of carbonyl (C=O) groups is 1. The molecule has 0 aromatic carbocycles. The van der Waals surface area contributed by atoms with Gasteiger partial charge in [-0.2, -0.15) is 10.2 Å². The summed E-state index contributed by atoms with van der Waals surface area (Å²) in [6.45, 7) is 1.62. The summed E-state index contributed by atoms with van der Waals surface area (Å²) in [6.07, 6.45) is 8.54. The van der Waals surface area contributed by atoms with Gasteiger partial charge >= 0.3 is 0 Å². The Balaban J connectivity index is 1.28. The molecule has 9 nitrogen and oxygen atoms in total. The Labute approximate surface area is 150 Å². The van der Waals surface area contributed by atoms with Crippen molar-refractivity contribution < 1.29 is 9.53 Å². The fourth-order valence-electron chi connectivity index (χ4n) is 2.93. The van der Waals surface area contributed by atoms with E-state index < -0.39 is 0 Å². The average Bonchev–Trinajstić information content (AvgIpc) is 3.37. The average molecular weight is 353 g/mol. The van der Waals surface area contributed by atoms with Crippen molar-refractivity contribution in [2.75, 3.05) is 13.1 Å². The largest absolute Gasteiger partial charge is 0.473 e. The van der Waals surface area contributed by atoms with E-state index in [1.807, 2.05) is 23.1 Å². The molecule has 134 valence electrons. The van der Waals surface area contributed by atoms with Crippen LogP contribution in [0.2, 0.25) is 0 Å². The highest BCUT2D eigenvalue weighted by molar-refractivity contribution is 5.76. The molecule has 9 heteroatoms. The van der Waals surface area contributed by atoms with Crippen LogP contribution in [0.1, 0.15) is 12.8 Å². The number of ether oxygens (including phenoxy) is 1. The molecule has 4 rings (SSSR count). The van der Waals surface area contributed by atoms with E-state index in [2.05, 4.69) is 20.4 Å². The highest BCUT2D eigenvalue weighted by atomic mass is 16.5. The summed E-state index contributed by atoms with van der Waals surface area (Å²) in [6, 6.07) is 7.25. The van der Waals surface area contributed by atoms with E-state index >= 15 is 0 Å². The van der Waals surface area contributed by atoms with Crippen molar-refractivity contribution >= 4 is 5.91 Å². The van der Waals surface area contributed by atoms with E-state index in [0.29, 0.717) is 24.8 Å². The molecule has 0 N–H and O–H groups in total. The normalized spacial score (nSPS) is 15.2. The van der Waals surface area contributed by atoms with Crippen LogP contribution in [-0.4, -0.2) is 59.8 Å². The van der Waals surface area contributed by atoms with E-state index in [4.69, 9.17) is 4.74 Å². The van der Waals surface area contributed by atoms with Gasteiger partial charge in [-0.25, -0.2) is 4.68 Å². The number of nitrogens with zero attached hydrogens (tertiary/aromatic N) is 7. The topological polar surface area (TPSA) is 91.0 Å². The fraction of sp³-hybridized carbons (Fsp3) is 0.353. The molecule has 1 aliphatic heterocycles. The summed E-state index contributed by atoms with van der Waals surface area (Å²) >= 11 is 0. The zero-order chi connectivity index (χ0) is 17.8. The molecule has 0 unspecified atom stereocenters. The standard InChI is InChI=1S/C17H19N7O2/c25-17(13-23-9-1-7-18-23)22-11-5-14(6-12-22)26-16-4-3-15(20-21-16)24-10-2-8-19-24/h1-4,7-10,14H,5-6,11-13H2. The van der Waals surface area contributed by atoms with Gasteiger partial charge in [-0.15, -0.1) is 10.2 Å². The molecular formula is C17H19N7O2. The first-order valence-corrected chi connectivity index (χ1v) is 8.53. The highest BCUT2D eigenvalue weighted by Gasteiger charge is 2.24. The van der Waals surface area contributed by atoms with E-state index in [1.165, 1.54) is 0 Å². The van der Waals surface area contributed by atoms with Gasteiger partial charge in [0.05, 0.1) is 0 Å². The van der Waals surface area contributed by atoms with Crippen molar-refractivity contribution in [1.29, 1.82) is 0 Å². The maximum absolute atomic E-state index is 12.3. The summed E-state index contributed by atoms with van der Waals surface area (Å²) in [5.74, 6) is 1.21. The first-order chi connectivity index (χ1) is 12.8. The summed E-state index contributed by atoms with van der Waals surface area (Å²) in [4.78, 5) is 14.1. The predicted molar refractivity (Wildman–Crippen MR) is 91.6 cm³/mol. The second-order valence-electron chi connectivity index (χ2n) is 6.08. The third kappa shape index (κ3) is 3.71. The molecule has 0 radical (unpaired) electrons. The third-order valence-electron chi connectivity index (χ3n) is 4.30. The van der Waals surface area contributed by atoms with Crippen LogP contribution in [-0.2, 0) is 11.3 Å². The Hall–Kier alpha value is -3.23. The maximum Gasteiger partial charge on any atom is 0.244 e. The molecule has 1 fully saturated rings. The molecule has 0 bridgehead atoms. The van der Waals surface area contributed by atoms with Crippen LogP contribution in [0.25, 0.3) is 5.82 Å². The van der Waals surface area contributed by atoms with Crippen LogP contribution >= 0.6 is 0 Å². The van der Waals surface area contributed by atoms with Crippen molar-refractivity contribution in [3.05, 3.63) is 49.1 Å². The van der Waals surface area contributed by atoms with Crippen LogP contribution < -0.4 is 4.74 Å². The Bertz CT molecular complexity index is 823. The molecule has 0 atom stereocenters. The molecule has 0 aliphatic carbocycles. The van der Waals surface area contributed by atoms with Crippen LogP contribution in [0.3, 0.4) is 0 Å². The fourth-order valence-corrected chi connectivity index (χ4v) is 2.93. The van der Waals surface area contributed by atoms with Gasteiger partial charge in [-0.05, 0) is 18.2 Å². The van der Waals surface area contributed by atoms with Crippen LogP contribution in [0.4, 0.5) is 0 Å². The monoisotopic (exact) mass is 353 g/mol. The number of rotatable bonds is 5. The number of carbonyl (C=O) groups excluding carboxylic acids is 1. The Morgan fingerprint density at radius 1 is 1.08 bits per heavy atom. The van der Waals surface area contributed by atoms with E-state index in [1.54, 1.807) is 40.2 Å². The van der Waals surface area contributed by atoms with Crippen molar-refractivity contribution in [3.8, 4) is 11.7 Å². The van der Waals surface area contributed by atoms with E-state index in [9.17, 15) is 4.79 Å². The van der Waals surface area contributed by atoms with Crippen molar-refractivity contribution in [2.24, 2.45) is 0 Å². The molecule has 1 saturated heterocycles. The summed E-state index contributed by atoms with van der Waals surface area (Å²) in [5.41, 5.74) is 0. The van der Waals surface area contributed by atoms with Crippen LogP contribution in [0, 0.1) is 0 Å². The Morgan fingerprint density at radius 3 is 2.54 bits per heavy atom. The summed E-state index contributed by atoms with van der Waals surface area (Å²) in [7, 11) is 0. The molecule has 0 saturated carbocycles. The minimum atomic E-state index is 0.0357. The van der Waals surface area contributed by atoms with E-state index in [0.717, 1.165) is 12.8 Å². The van der Waals surface area contributed by atoms with Crippen molar-refractivity contribution in [2.45, 2.75) is 25.5 Å². The zero-order valence-corrected chi connectivity index (χ0v) is 14.2. The quantitative estimate of drug-likeness (QED) is 0.678. The first kappa shape index (κ1) is 16.2. The molecule has 3 aromatic heterocycles. The number of piperidine rings is 1. The minimum absolute atomic E-state index is 0.0357. The molecule has 3 aromatic rings. The van der Waals surface area contributed by atoms with Gasteiger partial charge in [0, 0.05) is 56.8 Å². The number of likely N-dealkylation sites (tertiary alicyclic amines) is 1. The Kier molecular flexibility index (Phi) is 4.59. The molecule has 0 spiro atoms. The lowest BCUT2D eigenvalue weighted by atomic mass is 10.1. The Morgan fingerprint density at radius 2 is 1.88 bits per heavy atom. The number of amides is 1.